The third-order valence-electron chi connectivity index (χ3n) is 3.29. The van der Waals surface area contributed by atoms with Gasteiger partial charge in [0.15, 0.2) is 6.61 Å². The van der Waals surface area contributed by atoms with Gasteiger partial charge >= 0.3 is 0 Å². The standard InChI is InChI=1S/C15H22N2O2/c18-15(13-19-14-7-2-1-3-8-14)16-9-6-12-17-10-4-5-11-17/h1-3,7-8H,4-6,9-13H2,(H,16,18). The van der Waals surface area contributed by atoms with Crippen molar-refractivity contribution in [2.75, 3.05) is 32.8 Å². The number of rotatable bonds is 7. The van der Waals surface area contributed by atoms with Crippen molar-refractivity contribution < 1.29 is 9.53 Å². The number of carbonyl (C=O) groups is 1. The van der Waals surface area contributed by atoms with Gasteiger partial charge in [-0.1, -0.05) is 18.2 Å². The molecule has 1 amide bonds. The lowest BCUT2D eigenvalue weighted by Gasteiger charge is -2.14. The second kappa shape index (κ2) is 7.79. The molecule has 0 atom stereocenters. The van der Waals surface area contributed by atoms with E-state index in [2.05, 4.69) is 10.2 Å². The molecule has 0 aromatic heterocycles. The highest BCUT2D eigenvalue weighted by Gasteiger charge is 2.10. The first-order chi connectivity index (χ1) is 9.34. The van der Waals surface area contributed by atoms with E-state index >= 15 is 0 Å². The number of amides is 1. The predicted molar refractivity (Wildman–Crippen MR) is 75.2 cm³/mol. The molecule has 1 N–H and O–H groups in total. The summed E-state index contributed by atoms with van der Waals surface area (Å²) in [5.74, 6) is 0.681. The normalized spacial score (nSPS) is 15.4. The number of hydrogen-bond acceptors (Lipinski definition) is 3. The van der Waals surface area contributed by atoms with Crippen molar-refractivity contribution in [2.45, 2.75) is 19.3 Å². The maximum absolute atomic E-state index is 11.6. The molecule has 4 heteroatoms. The van der Waals surface area contributed by atoms with Gasteiger partial charge in [0.2, 0.25) is 0 Å². The quantitative estimate of drug-likeness (QED) is 0.760. The van der Waals surface area contributed by atoms with Crippen LogP contribution in [0.25, 0.3) is 0 Å². The SMILES string of the molecule is O=C(COc1ccccc1)NCCCN1CCCC1. The first kappa shape index (κ1) is 13.9. The summed E-state index contributed by atoms with van der Waals surface area (Å²) in [4.78, 5) is 14.0. The zero-order chi connectivity index (χ0) is 13.3. The van der Waals surface area contributed by atoms with Crippen LogP contribution in [-0.2, 0) is 4.79 Å². The van der Waals surface area contributed by atoms with Crippen LogP contribution in [0.2, 0.25) is 0 Å². The number of ether oxygens (including phenoxy) is 1. The molecule has 1 aliphatic rings. The topological polar surface area (TPSA) is 41.6 Å². The molecule has 0 radical (unpaired) electrons. The van der Waals surface area contributed by atoms with Crippen molar-refractivity contribution in [3.05, 3.63) is 30.3 Å². The van der Waals surface area contributed by atoms with Crippen LogP contribution in [0.5, 0.6) is 5.75 Å². The highest BCUT2D eigenvalue weighted by Crippen LogP contribution is 2.08. The summed E-state index contributed by atoms with van der Waals surface area (Å²) in [6.07, 6.45) is 3.64. The van der Waals surface area contributed by atoms with Crippen molar-refractivity contribution in [1.29, 1.82) is 0 Å². The molecule has 1 saturated heterocycles. The Bertz CT molecular complexity index is 375. The average Bonchev–Trinajstić information content (AvgIpc) is 2.96. The predicted octanol–water partition coefficient (Wildman–Crippen LogP) is 1.67. The summed E-state index contributed by atoms with van der Waals surface area (Å²) in [6.45, 7) is 4.33. The number of benzene rings is 1. The summed E-state index contributed by atoms with van der Waals surface area (Å²) >= 11 is 0. The van der Waals surface area contributed by atoms with E-state index < -0.39 is 0 Å². The van der Waals surface area contributed by atoms with Gasteiger partial charge in [0.25, 0.3) is 5.91 Å². The van der Waals surface area contributed by atoms with E-state index in [4.69, 9.17) is 4.74 Å². The van der Waals surface area contributed by atoms with Gasteiger partial charge in [-0.15, -0.1) is 0 Å². The van der Waals surface area contributed by atoms with Gasteiger partial charge in [-0.25, -0.2) is 0 Å². The number of nitrogens with one attached hydrogen (secondary N) is 1. The molecule has 0 aliphatic carbocycles. The average molecular weight is 262 g/mol. The van der Waals surface area contributed by atoms with Crippen molar-refractivity contribution in [3.63, 3.8) is 0 Å². The molecule has 1 fully saturated rings. The molecule has 1 aromatic rings. The first-order valence-electron chi connectivity index (χ1n) is 7.01. The van der Waals surface area contributed by atoms with Crippen LogP contribution >= 0.6 is 0 Å². The van der Waals surface area contributed by atoms with Crippen LogP contribution in [0.15, 0.2) is 30.3 Å². The van der Waals surface area contributed by atoms with E-state index in [0.29, 0.717) is 0 Å². The second-order valence-corrected chi connectivity index (χ2v) is 4.85. The minimum Gasteiger partial charge on any atom is -0.484 e. The van der Waals surface area contributed by atoms with Crippen LogP contribution in [0.4, 0.5) is 0 Å². The summed E-state index contributed by atoms with van der Waals surface area (Å²) in [6, 6.07) is 9.40. The number of likely N-dealkylation sites (tertiary alicyclic amines) is 1. The Morgan fingerprint density at radius 3 is 2.68 bits per heavy atom. The van der Waals surface area contributed by atoms with Gasteiger partial charge in [-0.3, -0.25) is 4.79 Å². The molecule has 0 spiro atoms. The Morgan fingerprint density at radius 1 is 1.21 bits per heavy atom. The van der Waals surface area contributed by atoms with Gasteiger partial charge in [0, 0.05) is 6.54 Å². The lowest BCUT2D eigenvalue weighted by Crippen LogP contribution is -2.31. The van der Waals surface area contributed by atoms with Crippen molar-refractivity contribution >= 4 is 5.91 Å². The molecule has 0 saturated carbocycles. The second-order valence-electron chi connectivity index (χ2n) is 4.85. The van der Waals surface area contributed by atoms with E-state index in [1.807, 2.05) is 30.3 Å². The molecule has 4 nitrogen and oxygen atoms in total. The Balaban J connectivity index is 1.52. The molecular formula is C15H22N2O2. The lowest BCUT2D eigenvalue weighted by atomic mass is 10.3. The Hall–Kier alpha value is -1.55. The maximum atomic E-state index is 11.6. The minimum atomic E-state index is -0.0507. The Labute approximate surface area is 114 Å². The van der Waals surface area contributed by atoms with Crippen molar-refractivity contribution in [1.82, 2.24) is 10.2 Å². The molecule has 1 heterocycles. The van der Waals surface area contributed by atoms with Crippen LogP contribution < -0.4 is 10.1 Å². The van der Waals surface area contributed by atoms with Gasteiger partial charge in [0.1, 0.15) is 5.75 Å². The van der Waals surface area contributed by atoms with E-state index in [1.165, 1.54) is 25.9 Å². The highest BCUT2D eigenvalue weighted by molar-refractivity contribution is 5.77. The minimum absolute atomic E-state index is 0.0507. The lowest BCUT2D eigenvalue weighted by molar-refractivity contribution is -0.123. The van der Waals surface area contributed by atoms with Crippen LogP contribution in [0.3, 0.4) is 0 Å². The van der Waals surface area contributed by atoms with Crippen molar-refractivity contribution in [2.24, 2.45) is 0 Å². The first-order valence-corrected chi connectivity index (χ1v) is 7.01. The molecule has 0 unspecified atom stereocenters. The Morgan fingerprint density at radius 2 is 1.95 bits per heavy atom. The third kappa shape index (κ3) is 5.30. The van der Waals surface area contributed by atoms with Gasteiger partial charge < -0.3 is 15.0 Å². The molecule has 2 rings (SSSR count). The summed E-state index contributed by atoms with van der Waals surface area (Å²) < 4.78 is 5.38. The molecular weight excluding hydrogens is 240 g/mol. The largest absolute Gasteiger partial charge is 0.484 e. The molecule has 1 aliphatic heterocycles. The van der Waals surface area contributed by atoms with Gasteiger partial charge in [0.05, 0.1) is 0 Å². The third-order valence-corrected chi connectivity index (χ3v) is 3.29. The fourth-order valence-corrected chi connectivity index (χ4v) is 2.25. The zero-order valence-corrected chi connectivity index (χ0v) is 11.3. The number of nitrogens with zero attached hydrogens (tertiary/aromatic N) is 1. The highest BCUT2D eigenvalue weighted by atomic mass is 16.5. The monoisotopic (exact) mass is 262 g/mol. The van der Waals surface area contributed by atoms with Gasteiger partial charge in [-0.2, -0.15) is 0 Å². The van der Waals surface area contributed by atoms with E-state index in [0.717, 1.165) is 25.3 Å². The number of carbonyl (C=O) groups excluding carboxylic acids is 1. The molecule has 19 heavy (non-hydrogen) atoms. The Kier molecular flexibility index (Phi) is 5.69. The molecule has 1 aromatic carbocycles. The number of para-hydroxylation sites is 1. The summed E-state index contributed by atoms with van der Waals surface area (Å²) in [7, 11) is 0. The summed E-state index contributed by atoms with van der Waals surface area (Å²) in [5, 5.41) is 2.89. The maximum Gasteiger partial charge on any atom is 0.257 e. The van der Waals surface area contributed by atoms with Crippen molar-refractivity contribution in [3.8, 4) is 5.75 Å². The summed E-state index contributed by atoms with van der Waals surface area (Å²) in [5.41, 5.74) is 0. The number of hydrogen-bond donors (Lipinski definition) is 1. The smallest absolute Gasteiger partial charge is 0.257 e. The van der Waals surface area contributed by atoms with E-state index in [1.54, 1.807) is 0 Å². The van der Waals surface area contributed by atoms with E-state index in [-0.39, 0.29) is 12.5 Å². The zero-order valence-electron chi connectivity index (χ0n) is 11.3. The van der Waals surface area contributed by atoms with E-state index in [9.17, 15) is 4.79 Å². The van der Waals surface area contributed by atoms with Gasteiger partial charge in [-0.05, 0) is 51.0 Å². The fraction of sp³-hybridized carbons (Fsp3) is 0.533. The molecule has 0 bridgehead atoms. The fourth-order valence-electron chi connectivity index (χ4n) is 2.25. The van der Waals surface area contributed by atoms with Crippen LogP contribution in [0.1, 0.15) is 19.3 Å². The van der Waals surface area contributed by atoms with Crippen LogP contribution in [0, 0.1) is 0 Å². The van der Waals surface area contributed by atoms with Crippen LogP contribution in [-0.4, -0.2) is 43.6 Å². The molecule has 104 valence electrons.